The first-order chi connectivity index (χ1) is 6.79. The molecule has 0 rings (SSSR count). The Kier molecular flexibility index (Phi) is 5.28. The summed E-state index contributed by atoms with van der Waals surface area (Å²) in [6.07, 6.45) is -0.256. The Morgan fingerprint density at radius 3 is 2.20 bits per heavy atom. The molecule has 2 N–H and O–H groups in total. The molecule has 0 aromatic heterocycles. The quantitative estimate of drug-likeness (QED) is 0.662. The van der Waals surface area contributed by atoms with Crippen LogP contribution >= 0.6 is 0 Å². The van der Waals surface area contributed by atoms with Crippen LogP contribution in [0.2, 0.25) is 0 Å². The third-order valence-corrected chi connectivity index (χ3v) is 2.04. The lowest BCUT2D eigenvalue weighted by atomic mass is 9.79. The zero-order valence-corrected chi connectivity index (χ0v) is 9.32. The van der Waals surface area contributed by atoms with E-state index in [1.807, 2.05) is 0 Å². The standard InChI is InChI=1S/C10H18O5/c1-10(2,3)7(6-8(12)13)9(14)15-5-4-11/h7,11H,4-6H2,1-3H3,(H,12,13). The lowest BCUT2D eigenvalue weighted by Crippen LogP contribution is -2.32. The van der Waals surface area contributed by atoms with Gasteiger partial charge in [0.1, 0.15) is 6.61 Å². The average molecular weight is 218 g/mol. The Balaban J connectivity index is 4.49. The fraction of sp³-hybridized carbons (Fsp3) is 0.800. The Labute approximate surface area is 89.0 Å². The minimum Gasteiger partial charge on any atom is -0.481 e. The number of carboxylic acid groups (broad SMARTS) is 1. The van der Waals surface area contributed by atoms with Gasteiger partial charge in [0.25, 0.3) is 0 Å². The van der Waals surface area contributed by atoms with Crippen LogP contribution in [-0.4, -0.2) is 35.4 Å². The Morgan fingerprint density at radius 2 is 1.87 bits per heavy atom. The molecular formula is C10H18O5. The van der Waals surface area contributed by atoms with E-state index >= 15 is 0 Å². The number of carboxylic acids is 1. The molecule has 1 atom stereocenters. The molecule has 0 saturated heterocycles. The SMILES string of the molecule is CC(C)(C)C(CC(=O)O)C(=O)OCCO. The summed E-state index contributed by atoms with van der Waals surface area (Å²) in [5.74, 6) is -2.30. The topological polar surface area (TPSA) is 83.8 Å². The van der Waals surface area contributed by atoms with Crippen LogP contribution in [0.4, 0.5) is 0 Å². The summed E-state index contributed by atoms with van der Waals surface area (Å²) in [5, 5.41) is 17.2. The first-order valence-corrected chi connectivity index (χ1v) is 4.78. The second kappa shape index (κ2) is 5.70. The highest BCUT2D eigenvalue weighted by atomic mass is 16.5. The minimum atomic E-state index is -1.03. The van der Waals surface area contributed by atoms with E-state index in [0.29, 0.717) is 0 Å². The molecular weight excluding hydrogens is 200 g/mol. The molecule has 0 spiro atoms. The molecule has 0 aliphatic carbocycles. The minimum absolute atomic E-state index is 0.0922. The van der Waals surface area contributed by atoms with Crippen LogP contribution in [0.5, 0.6) is 0 Å². The van der Waals surface area contributed by atoms with Crippen molar-refractivity contribution in [1.29, 1.82) is 0 Å². The predicted octanol–water partition coefficient (Wildman–Crippen LogP) is 0.659. The maximum absolute atomic E-state index is 11.5. The molecule has 0 heterocycles. The van der Waals surface area contributed by atoms with Crippen molar-refractivity contribution < 1.29 is 24.5 Å². The van der Waals surface area contributed by atoms with E-state index < -0.39 is 23.3 Å². The van der Waals surface area contributed by atoms with E-state index in [9.17, 15) is 9.59 Å². The van der Waals surface area contributed by atoms with Crippen molar-refractivity contribution in [3.8, 4) is 0 Å². The molecule has 0 aromatic carbocycles. The number of carbonyl (C=O) groups excluding carboxylic acids is 1. The second-order valence-electron chi connectivity index (χ2n) is 4.41. The third kappa shape index (κ3) is 5.37. The highest BCUT2D eigenvalue weighted by Crippen LogP contribution is 2.29. The van der Waals surface area contributed by atoms with Gasteiger partial charge in [-0.2, -0.15) is 0 Å². The van der Waals surface area contributed by atoms with E-state index in [4.69, 9.17) is 14.9 Å². The molecule has 0 radical (unpaired) electrons. The summed E-state index contributed by atoms with van der Waals surface area (Å²) in [7, 11) is 0. The molecule has 0 aliphatic heterocycles. The molecule has 88 valence electrons. The number of hydrogen-bond acceptors (Lipinski definition) is 4. The number of hydrogen-bond donors (Lipinski definition) is 2. The number of carbonyl (C=O) groups is 2. The largest absolute Gasteiger partial charge is 0.481 e. The van der Waals surface area contributed by atoms with Gasteiger partial charge in [0, 0.05) is 0 Å². The van der Waals surface area contributed by atoms with Gasteiger partial charge in [0.05, 0.1) is 18.9 Å². The van der Waals surface area contributed by atoms with Gasteiger partial charge in [-0.1, -0.05) is 20.8 Å². The Hall–Kier alpha value is -1.10. The maximum Gasteiger partial charge on any atom is 0.310 e. The molecule has 0 aliphatic rings. The number of ether oxygens (including phenoxy) is 1. The monoisotopic (exact) mass is 218 g/mol. The number of aliphatic carboxylic acids is 1. The second-order valence-corrected chi connectivity index (χ2v) is 4.41. The van der Waals surface area contributed by atoms with Crippen LogP contribution in [0.15, 0.2) is 0 Å². The lowest BCUT2D eigenvalue weighted by molar-refractivity contribution is -0.158. The fourth-order valence-corrected chi connectivity index (χ4v) is 1.16. The molecule has 5 nitrogen and oxygen atoms in total. The molecule has 0 fully saturated rings. The molecule has 1 unspecified atom stereocenters. The summed E-state index contributed by atoms with van der Waals surface area (Å²) >= 11 is 0. The molecule has 15 heavy (non-hydrogen) atoms. The van der Waals surface area contributed by atoms with Crippen LogP contribution in [-0.2, 0) is 14.3 Å². The zero-order valence-electron chi connectivity index (χ0n) is 9.32. The van der Waals surface area contributed by atoms with Gasteiger partial charge in [-0.3, -0.25) is 9.59 Å². The summed E-state index contributed by atoms with van der Waals surface area (Å²) in [4.78, 5) is 22.1. The van der Waals surface area contributed by atoms with Crippen molar-refractivity contribution in [2.75, 3.05) is 13.2 Å². The Morgan fingerprint density at radius 1 is 1.33 bits per heavy atom. The zero-order chi connectivity index (χ0) is 12.1. The van der Waals surface area contributed by atoms with Crippen molar-refractivity contribution >= 4 is 11.9 Å². The van der Waals surface area contributed by atoms with Gasteiger partial charge in [-0.25, -0.2) is 0 Å². The summed E-state index contributed by atoms with van der Waals surface area (Å²) in [5.41, 5.74) is -0.467. The Bertz CT molecular complexity index is 228. The molecule has 5 heteroatoms. The number of rotatable bonds is 5. The first-order valence-electron chi connectivity index (χ1n) is 4.78. The van der Waals surface area contributed by atoms with Crippen molar-refractivity contribution in [3.05, 3.63) is 0 Å². The number of aliphatic hydroxyl groups excluding tert-OH is 1. The van der Waals surface area contributed by atoms with Crippen LogP contribution in [0, 0.1) is 11.3 Å². The molecule has 0 aromatic rings. The van der Waals surface area contributed by atoms with Crippen LogP contribution in [0.3, 0.4) is 0 Å². The summed E-state index contributed by atoms with van der Waals surface area (Å²) in [6, 6.07) is 0. The van der Waals surface area contributed by atoms with E-state index in [1.165, 1.54) is 0 Å². The lowest BCUT2D eigenvalue weighted by Gasteiger charge is -2.27. The highest BCUT2D eigenvalue weighted by molar-refractivity contribution is 5.79. The average Bonchev–Trinajstić information content (AvgIpc) is 2.08. The smallest absolute Gasteiger partial charge is 0.310 e. The van der Waals surface area contributed by atoms with E-state index in [2.05, 4.69) is 0 Å². The van der Waals surface area contributed by atoms with Gasteiger partial charge in [0.2, 0.25) is 0 Å². The van der Waals surface area contributed by atoms with Crippen molar-refractivity contribution in [2.45, 2.75) is 27.2 Å². The van der Waals surface area contributed by atoms with Gasteiger partial charge in [-0.05, 0) is 5.41 Å². The van der Waals surface area contributed by atoms with E-state index in [1.54, 1.807) is 20.8 Å². The molecule has 0 saturated carbocycles. The van der Waals surface area contributed by atoms with Crippen LogP contribution in [0.1, 0.15) is 27.2 Å². The van der Waals surface area contributed by atoms with Crippen molar-refractivity contribution in [2.24, 2.45) is 11.3 Å². The van der Waals surface area contributed by atoms with Gasteiger partial charge < -0.3 is 14.9 Å². The van der Waals surface area contributed by atoms with Gasteiger partial charge in [-0.15, -0.1) is 0 Å². The van der Waals surface area contributed by atoms with Crippen LogP contribution < -0.4 is 0 Å². The molecule has 0 amide bonds. The summed E-state index contributed by atoms with van der Waals surface area (Å²) < 4.78 is 4.73. The van der Waals surface area contributed by atoms with Crippen LogP contribution in [0.25, 0.3) is 0 Å². The summed E-state index contributed by atoms with van der Waals surface area (Å²) in [6.45, 7) is 4.99. The third-order valence-electron chi connectivity index (χ3n) is 2.04. The van der Waals surface area contributed by atoms with Crippen molar-refractivity contribution in [3.63, 3.8) is 0 Å². The molecule has 0 bridgehead atoms. The van der Waals surface area contributed by atoms with Crippen molar-refractivity contribution in [1.82, 2.24) is 0 Å². The maximum atomic E-state index is 11.5. The number of esters is 1. The highest BCUT2D eigenvalue weighted by Gasteiger charge is 2.34. The first kappa shape index (κ1) is 13.9. The van der Waals surface area contributed by atoms with Gasteiger partial charge >= 0.3 is 11.9 Å². The fourth-order valence-electron chi connectivity index (χ4n) is 1.16. The van der Waals surface area contributed by atoms with E-state index in [0.717, 1.165) is 0 Å². The predicted molar refractivity (Wildman–Crippen MR) is 53.2 cm³/mol. The van der Waals surface area contributed by atoms with E-state index in [-0.39, 0.29) is 19.6 Å². The number of aliphatic hydroxyl groups is 1. The van der Waals surface area contributed by atoms with Gasteiger partial charge in [0.15, 0.2) is 0 Å². The normalized spacial score (nSPS) is 13.3.